The molecule has 1 saturated heterocycles. The van der Waals surface area contributed by atoms with Crippen LogP contribution in [0, 0.1) is 0 Å². The number of rotatable bonds is 1. The average Bonchev–Trinajstić information content (AvgIpc) is 3.23. The fraction of sp³-hybridized carbons (Fsp3) is 0.308. The van der Waals surface area contributed by atoms with Gasteiger partial charge in [-0.05, 0) is 18.9 Å². The first-order valence-corrected chi connectivity index (χ1v) is 8.06. The van der Waals surface area contributed by atoms with Crippen LogP contribution in [-0.4, -0.2) is 44.2 Å². The van der Waals surface area contributed by atoms with Gasteiger partial charge in [0.1, 0.15) is 0 Å². The van der Waals surface area contributed by atoms with Crippen molar-refractivity contribution in [2.45, 2.75) is 12.8 Å². The van der Waals surface area contributed by atoms with E-state index in [4.69, 9.17) is 0 Å². The average molecular weight is 319 g/mol. The minimum absolute atomic E-state index is 0.101. The second-order valence-corrected chi connectivity index (χ2v) is 6.55. The van der Waals surface area contributed by atoms with Crippen LogP contribution in [0.5, 0.6) is 0 Å². The molecule has 0 aromatic carbocycles. The summed E-state index contributed by atoms with van der Waals surface area (Å²) in [6.45, 7) is 1.47. The van der Waals surface area contributed by atoms with Crippen molar-refractivity contribution in [2.24, 2.45) is 0 Å². The Balaban J connectivity index is 1.77. The molecule has 1 aliphatic heterocycles. The lowest BCUT2D eigenvalue weighted by Crippen LogP contribution is -2.26. The summed E-state index contributed by atoms with van der Waals surface area (Å²) in [5.74, 6) is -0.722. The number of aromatic nitrogens is 2. The molecule has 106 valence electrons. The summed E-state index contributed by atoms with van der Waals surface area (Å²) in [4.78, 5) is 39.5. The smallest absolute Gasteiger partial charge is 0.263 e. The van der Waals surface area contributed by atoms with Gasteiger partial charge in [-0.15, -0.1) is 11.3 Å². The molecule has 0 spiro atoms. The molecule has 1 aliphatic carbocycles. The summed E-state index contributed by atoms with van der Waals surface area (Å²) in [5.41, 5.74) is 0.503. The van der Waals surface area contributed by atoms with Crippen LogP contribution in [0.15, 0.2) is 6.07 Å². The summed E-state index contributed by atoms with van der Waals surface area (Å²) in [6, 6.07) is 1.53. The topological polar surface area (TPSA) is 80.2 Å². The lowest BCUT2D eigenvalue weighted by Gasteiger charge is -2.13. The molecule has 0 radical (unpaired) electrons. The molecule has 2 aromatic heterocycles. The summed E-state index contributed by atoms with van der Waals surface area (Å²) in [5, 5.41) is 0. The van der Waals surface area contributed by atoms with Crippen molar-refractivity contribution in [3.63, 3.8) is 0 Å². The number of hydrogen-bond acceptors (Lipinski definition) is 7. The molecule has 4 rings (SSSR count). The summed E-state index contributed by atoms with van der Waals surface area (Å²) >= 11 is 1.94. The summed E-state index contributed by atoms with van der Waals surface area (Å²) in [7, 11) is 0. The van der Waals surface area contributed by atoms with Crippen molar-refractivity contribution < 1.29 is 14.4 Å². The molecule has 1 amide bonds. The van der Waals surface area contributed by atoms with E-state index >= 15 is 0 Å². The molecule has 0 atom stereocenters. The first kappa shape index (κ1) is 12.8. The number of carbonyl (C=O) groups excluding carboxylic acids is 3. The number of fused-ring (bicyclic) bond motifs is 2. The van der Waals surface area contributed by atoms with Crippen LogP contribution in [0.2, 0.25) is 0 Å². The predicted molar refractivity (Wildman–Crippen MR) is 76.2 cm³/mol. The number of likely N-dealkylation sites (tertiary alicyclic amines) is 1. The maximum Gasteiger partial charge on any atom is 0.263 e. The highest BCUT2D eigenvalue weighted by molar-refractivity contribution is 7.16. The fourth-order valence-electron chi connectivity index (χ4n) is 2.63. The minimum atomic E-state index is -0.315. The molecule has 21 heavy (non-hydrogen) atoms. The largest absolute Gasteiger partial charge is 0.338 e. The Hall–Kier alpha value is -1.93. The van der Waals surface area contributed by atoms with Gasteiger partial charge in [-0.1, -0.05) is 0 Å². The van der Waals surface area contributed by atoms with Gasteiger partial charge in [0.25, 0.3) is 5.91 Å². The highest BCUT2D eigenvalue weighted by atomic mass is 32.1. The van der Waals surface area contributed by atoms with Gasteiger partial charge in [-0.25, -0.2) is 0 Å². The highest BCUT2D eigenvalue weighted by Crippen LogP contribution is 2.33. The zero-order chi connectivity index (χ0) is 14.6. The van der Waals surface area contributed by atoms with Gasteiger partial charge in [0, 0.05) is 18.7 Å². The lowest BCUT2D eigenvalue weighted by molar-refractivity contribution is 0.0797. The summed E-state index contributed by atoms with van der Waals surface area (Å²) in [6.07, 6.45) is 2.00. The van der Waals surface area contributed by atoms with Crippen LogP contribution in [0.1, 0.15) is 53.9 Å². The molecule has 6 nitrogen and oxygen atoms in total. The second kappa shape index (κ2) is 4.54. The standard InChI is InChI=1S/C13H9N3O3S2/c17-10-6-5-7(13(19)16-3-1-2-4-16)20-12(6)11(18)9-8(10)14-21-15-9/h5H,1-4H2. The molecule has 2 aromatic rings. The van der Waals surface area contributed by atoms with Crippen LogP contribution < -0.4 is 0 Å². The molecule has 0 saturated carbocycles. The zero-order valence-corrected chi connectivity index (χ0v) is 12.4. The van der Waals surface area contributed by atoms with Gasteiger partial charge in [-0.3, -0.25) is 14.4 Å². The zero-order valence-electron chi connectivity index (χ0n) is 10.8. The van der Waals surface area contributed by atoms with Crippen molar-refractivity contribution in [2.75, 3.05) is 13.1 Å². The van der Waals surface area contributed by atoms with E-state index in [1.54, 1.807) is 4.90 Å². The van der Waals surface area contributed by atoms with E-state index in [1.165, 1.54) is 6.07 Å². The van der Waals surface area contributed by atoms with E-state index in [0.29, 0.717) is 9.75 Å². The Morgan fingerprint density at radius 2 is 1.76 bits per heavy atom. The van der Waals surface area contributed by atoms with Crippen molar-refractivity contribution in [3.8, 4) is 0 Å². The van der Waals surface area contributed by atoms with E-state index in [-0.39, 0.29) is 34.4 Å². The van der Waals surface area contributed by atoms with E-state index in [2.05, 4.69) is 8.75 Å². The normalized spacial score (nSPS) is 17.0. The van der Waals surface area contributed by atoms with Crippen molar-refractivity contribution in [1.29, 1.82) is 0 Å². The Morgan fingerprint density at radius 3 is 2.48 bits per heavy atom. The van der Waals surface area contributed by atoms with Crippen molar-refractivity contribution >= 4 is 40.5 Å². The Bertz CT molecular complexity index is 738. The molecule has 2 aliphatic rings. The molecule has 8 heteroatoms. The van der Waals surface area contributed by atoms with Crippen LogP contribution in [0.4, 0.5) is 0 Å². The first-order chi connectivity index (χ1) is 10.2. The molecule has 3 heterocycles. The van der Waals surface area contributed by atoms with E-state index in [1.807, 2.05) is 0 Å². The van der Waals surface area contributed by atoms with Gasteiger partial charge >= 0.3 is 0 Å². The lowest BCUT2D eigenvalue weighted by atomic mass is 9.97. The molecule has 1 fully saturated rings. The quantitative estimate of drug-likeness (QED) is 0.681. The minimum Gasteiger partial charge on any atom is -0.338 e. The number of ketones is 2. The highest BCUT2D eigenvalue weighted by Gasteiger charge is 2.36. The Kier molecular flexibility index (Phi) is 2.76. The van der Waals surface area contributed by atoms with Crippen molar-refractivity contribution in [1.82, 2.24) is 13.6 Å². The third kappa shape index (κ3) is 1.79. The van der Waals surface area contributed by atoms with E-state index in [0.717, 1.165) is 49.0 Å². The number of nitrogens with zero attached hydrogens (tertiary/aromatic N) is 3. The SMILES string of the molecule is O=C1c2cc(C(=O)N3CCCC3)sc2C(=O)c2nsnc21. The molecular formula is C13H9N3O3S2. The maximum atomic E-state index is 12.4. The van der Waals surface area contributed by atoms with E-state index < -0.39 is 0 Å². The third-order valence-electron chi connectivity index (χ3n) is 3.71. The van der Waals surface area contributed by atoms with Crippen molar-refractivity contribution in [3.05, 3.63) is 32.8 Å². The second-order valence-electron chi connectivity index (χ2n) is 4.97. The van der Waals surface area contributed by atoms with Gasteiger partial charge in [0.15, 0.2) is 11.4 Å². The number of amides is 1. The van der Waals surface area contributed by atoms with Gasteiger partial charge in [0.2, 0.25) is 11.6 Å². The predicted octanol–water partition coefficient (Wildman–Crippen LogP) is 1.61. The van der Waals surface area contributed by atoms with Gasteiger partial charge in [0.05, 0.1) is 21.5 Å². The van der Waals surface area contributed by atoms with E-state index in [9.17, 15) is 14.4 Å². The summed E-state index contributed by atoms with van der Waals surface area (Å²) < 4.78 is 7.78. The maximum absolute atomic E-state index is 12.4. The van der Waals surface area contributed by atoms with Crippen LogP contribution in [0.25, 0.3) is 0 Å². The number of thiophene rings is 1. The van der Waals surface area contributed by atoms with Crippen LogP contribution >= 0.6 is 23.1 Å². The first-order valence-electron chi connectivity index (χ1n) is 6.52. The fourth-order valence-corrected chi connectivity index (χ4v) is 4.24. The van der Waals surface area contributed by atoms with Gasteiger partial charge in [-0.2, -0.15) is 8.75 Å². The number of hydrogen-bond donors (Lipinski definition) is 0. The van der Waals surface area contributed by atoms with Crippen LogP contribution in [0.3, 0.4) is 0 Å². The molecule has 0 N–H and O–H groups in total. The third-order valence-corrected chi connectivity index (χ3v) is 5.36. The van der Waals surface area contributed by atoms with Crippen LogP contribution in [-0.2, 0) is 0 Å². The molecular weight excluding hydrogens is 310 g/mol. The Morgan fingerprint density at radius 1 is 1.10 bits per heavy atom. The molecule has 0 bridgehead atoms. The molecule has 0 unspecified atom stereocenters. The van der Waals surface area contributed by atoms with Gasteiger partial charge < -0.3 is 4.90 Å². The number of carbonyl (C=O) groups is 3. The monoisotopic (exact) mass is 319 g/mol. The Labute approximate surface area is 127 Å².